The summed E-state index contributed by atoms with van der Waals surface area (Å²) in [5.41, 5.74) is 6.31. The number of thiocarbonyl (C=S) groups is 1. The van der Waals surface area contributed by atoms with Crippen LogP contribution in [0, 0.1) is 0 Å². The molecule has 2 nitrogen and oxygen atoms in total. The number of rotatable bonds is 3. The average Bonchev–Trinajstić information content (AvgIpc) is 2.34. The molecule has 0 atom stereocenters. The predicted octanol–water partition coefficient (Wildman–Crippen LogP) is 4.42. The van der Waals surface area contributed by atoms with Crippen LogP contribution in [0.1, 0.15) is 5.56 Å². The van der Waals surface area contributed by atoms with Crippen LogP contribution in [-0.4, -0.2) is 4.99 Å². The Morgan fingerprint density at radius 1 is 1.06 bits per heavy atom. The zero-order valence-electron chi connectivity index (χ0n) is 9.19. The van der Waals surface area contributed by atoms with Crippen molar-refractivity contribution in [3.8, 4) is 11.5 Å². The summed E-state index contributed by atoms with van der Waals surface area (Å²) in [4.78, 5) is 0.283. The van der Waals surface area contributed by atoms with E-state index < -0.39 is 0 Å². The first-order valence-electron chi connectivity index (χ1n) is 5.09. The maximum Gasteiger partial charge on any atom is 0.137 e. The lowest BCUT2D eigenvalue weighted by atomic mass is 10.2. The SMILES string of the molecule is NC(=S)c1ccccc1Oc1ccc(Cl)c(Cl)c1. The van der Waals surface area contributed by atoms with Crippen LogP contribution >= 0.6 is 35.4 Å². The van der Waals surface area contributed by atoms with Crippen LogP contribution in [0.5, 0.6) is 11.5 Å². The molecular weight excluding hydrogens is 289 g/mol. The van der Waals surface area contributed by atoms with Crippen LogP contribution in [0.15, 0.2) is 42.5 Å². The summed E-state index contributed by atoms with van der Waals surface area (Å²) in [7, 11) is 0. The van der Waals surface area contributed by atoms with Crippen molar-refractivity contribution < 1.29 is 4.74 Å². The topological polar surface area (TPSA) is 35.2 Å². The van der Waals surface area contributed by atoms with Crippen molar-refractivity contribution in [2.24, 2.45) is 5.73 Å². The molecule has 0 fully saturated rings. The van der Waals surface area contributed by atoms with E-state index in [0.29, 0.717) is 27.1 Å². The molecular formula is C13H9Cl2NOS. The van der Waals surface area contributed by atoms with Crippen molar-refractivity contribution in [2.75, 3.05) is 0 Å². The number of nitrogens with two attached hydrogens (primary N) is 1. The Bertz CT molecular complexity index is 601. The number of halogens is 2. The predicted molar refractivity (Wildman–Crippen MR) is 78.9 cm³/mol. The van der Waals surface area contributed by atoms with Gasteiger partial charge in [-0.1, -0.05) is 47.6 Å². The average molecular weight is 298 g/mol. The van der Waals surface area contributed by atoms with Gasteiger partial charge in [-0.05, 0) is 24.3 Å². The zero-order chi connectivity index (χ0) is 13.1. The first kappa shape index (κ1) is 13.1. The molecule has 2 aromatic carbocycles. The van der Waals surface area contributed by atoms with Gasteiger partial charge >= 0.3 is 0 Å². The fourth-order valence-electron chi connectivity index (χ4n) is 1.43. The quantitative estimate of drug-likeness (QED) is 0.852. The standard InChI is InChI=1S/C13H9Cl2NOS/c14-10-6-5-8(7-11(10)15)17-12-4-2-1-3-9(12)13(16)18/h1-7H,(H2,16,18). The Kier molecular flexibility index (Phi) is 4.07. The first-order valence-corrected chi connectivity index (χ1v) is 6.26. The first-order chi connectivity index (χ1) is 8.58. The van der Waals surface area contributed by atoms with Gasteiger partial charge in [0, 0.05) is 6.07 Å². The molecule has 5 heteroatoms. The normalized spacial score (nSPS) is 10.1. The maximum absolute atomic E-state index is 5.92. The number of benzene rings is 2. The molecule has 2 N–H and O–H groups in total. The van der Waals surface area contributed by atoms with Crippen molar-refractivity contribution >= 4 is 40.4 Å². The summed E-state index contributed by atoms with van der Waals surface area (Å²) in [6.45, 7) is 0. The Hall–Kier alpha value is -1.29. The molecule has 0 radical (unpaired) electrons. The van der Waals surface area contributed by atoms with E-state index in [1.54, 1.807) is 30.3 Å². The molecule has 0 bridgehead atoms. The van der Waals surface area contributed by atoms with E-state index in [1.807, 2.05) is 12.1 Å². The molecule has 0 heterocycles. The van der Waals surface area contributed by atoms with Gasteiger partial charge in [-0.3, -0.25) is 0 Å². The van der Waals surface area contributed by atoms with E-state index in [0.717, 1.165) is 0 Å². The van der Waals surface area contributed by atoms with Crippen molar-refractivity contribution in [3.63, 3.8) is 0 Å². The summed E-state index contributed by atoms with van der Waals surface area (Å²) in [6, 6.07) is 12.3. The van der Waals surface area contributed by atoms with Crippen LogP contribution in [0.4, 0.5) is 0 Å². The molecule has 0 aromatic heterocycles. The lowest BCUT2D eigenvalue weighted by Gasteiger charge is -2.10. The van der Waals surface area contributed by atoms with E-state index in [9.17, 15) is 0 Å². The Labute approximate surface area is 120 Å². The summed E-state index contributed by atoms with van der Waals surface area (Å²) in [6.07, 6.45) is 0. The van der Waals surface area contributed by atoms with E-state index in [1.165, 1.54) is 0 Å². The smallest absolute Gasteiger partial charge is 0.137 e. The summed E-state index contributed by atoms with van der Waals surface area (Å²) >= 11 is 16.7. The molecule has 92 valence electrons. The summed E-state index contributed by atoms with van der Waals surface area (Å²) in [5, 5.41) is 0.911. The van der Waals surface area contributed by atoms with Gasteiger partial charge in [-0.2, -0.15) is 0 Å². The summed E-state index contributed by atoms with van der Waals surface area (Å²) in [5.74, 6) is 1.16. The minimum atomic E-state index is 0.283. The monoisotopic (exact) mass is 297 g/mol. The lowest BCUT2D eigenvalue weighted by molar-refractivity contribution is 0.482. The molecule has 0 amide bonds. The van der Waals surface area contributed by atoms with Crippen LogP contribution in [0.3, 0.4) is 0 Å². The second-order valence-electron chi connectivity index (χ2n) is 3.54. The fourth-order valence-corrected chi connectivity index (χ4v) is 1.88. The highest BCUT2D eigenvalue weighted by Crippen LogP contribution is 2.30. The van der Waals surface area contributed by atoms with E-state index in [4.69, 9.17) is 45.9 Å². The van der Waals surface area contributed by atoms with Gasteiger partial charge in [0.25, 0.3) is 0 Å². The van der Waals surface area contributed by atoms with Gasteiger partial charge in [0.2, 0.25) is 0 Å². The molecule has 0 saturated heterocycles. The molecule has 0 unspecified atom stereocenters. The van der Waals surface area contributed by atoms with Crippen LogP contribution < -0.4 is 10.5 Å². The van der Waals surface area contributed by atoms with Crippen LogP contribution in [-0.2, 0) is 0 Å². The van der Waals surface area contributed by atoms with Gasteiger partial charge in [-0.15, -0.1) is 0 Å². The molecule has 0 saturated carbocycles. The molecule has 0 spiro atoms. The highest BCUT2D eigenvalue weighted by molar-refractivity contribution is 7.80. The highest BCUT2D eigenvalue weighted by Gasteiger charge is 2.07. The minimum absolute atomic E-state index is 0.283. The fraction of sp³-hybridized carbons (Fsp3) is 0. The third-order valence-corrected chi connectivity index (χ3v) is 3.23. The van der Waals surface area contributed by atoms with Gasteiger partial charge in [0.15, 0.2) is 0 Å². The van der Waals surface area contributed by atoms with Crippen molar-refractivity contribution in [1.29, 1.82) is 0 Å². The maximum atomic E-state index is 5.92. The van der Waals surface area contributed by atoms with E-state index in [-0.39, 0.29) is 4.99 Å². The van der Waals surface area contributed by atoms with Gasteiger partial charge < -0.3 is 10.5 Å². The van der Waals surface area contributed by atoms with Gasteiger partial charge in [0.1, 0.15) is 16.5 Å². The number of para-hydroxylation sites is 1. The second-order valence-corrected chi connectivity index (χ2v) is 4.79. The van der Waals surface area contributed by atoms with Crippen LogP contribution in [0.25, 0.3) is 0 Å². The Balaban J connectivity index is 2.34. The number of ether oxygens (including phenoxy) is 1. The lowest BCUT2D eigenvalue weighted by Crippen LogP contribution is -2.10. The number of hydrogen-bond donors (Lipinski definition) is 1. The molecule has 0 aliphatic carbocycles. The largest absolute Gasteiger partial charge is 0.457 e. The minimum Gasteiger partial charge on any atom is -0.457 e. The third kappa shape index (κ3) is 2.93. The molecule has 2 aromatic rings. The van der Waals surface area contributed by atoms with Crippen molar-refractivity contribution in [2.45, 2.75) is 0 Å². The molecule has 2 rings (SSSR count). The van der Waals surface area contributed by atoms with Gasteiger partial charge in [-0.25, -0.2) is 0 Å². The van der Waals surface area contributed by atoms with Crippen molar-refractivity contribution in [1.82, 2.24) is 0 Å². The van der Waals surface area contributed by atoms with Crippen LogP contribution in [0.2, 0.25) is 10.0 Å². The second kappa shape index (κ2) is 5.57. The zero-order valence-corrected chi connectivity index (χ0v) is 11.5. The van der Waals surface area contributed by atoms with E-state index >= 15 is 0 Å². The number of hydrogen-bond acceptors (Lipinski definition) is 2. The Morgan fingerprint density at radius 2 is 1.78 bits per heavy atom. The molecule has 0 aliphatic rings. The third-order valence-electron chi connectivity index (χ3n) is 2.27. The molecule has 0 aliphatic heterocycles. The van der Waals surface area contributed by atoms with E-state index in [2.05, 4.69) is 0 Å². The Morgan fingerprint density at radius 3 is 2.44 bits per heavy atom. The van der Waals surface area contributed by atoms with Gasteiger partial charge in [0.05, 0.1) is 15.6 Å². The molecule has 18 heavy (non-hydrogen) atoms. The highest BCUT2D eigenvalue weighted by atomic mass is 35.5. The van der Waals surface area contributed by atoms with Crippen molar-refractivity contribution in [3.05, 3.63) is 58.1 Å². The summed E-state index contributed by atoms with van der Waals surface area (Å²) < 4.78 is 5.70.